The number of aromatic nitrogens is 3. The first-order valence-electron chi connectivity index (χ1n) is 10.6. The van der Waals surface area contributed by atoms with Crippen molar-refractivity contribution in [1.29, 1.82) is 0 Å². The third-order valence-corrected chi connectivity index (χ3v) is 5.04. The van der Waals surface area contributed by atoms with Crippen molar-refractivity contribution < 1.29 is 9.66 Å². The number of benzene rings is 2. The summed E-state index contributed by atoms with van der Waals surface area (Å²) in [7, 11) is 3.97. The van der Waals surface area contributed by atoms with Crippen LogP contribution in [0.4, 0.5) is 34.9 Å². The third-order valence-electron chi connectivity index (χ3n) is 5.04. The number of nitro benzene ring substituents is 1. The number of morpholine rings is 1. The van der Waals surface area contributed by atoms with E-state index >= 15 is 0 Å². The largest absolute Gasteiger partial charge is 0.378 e. The summed E-state index contributed by atoms with van der Waals surface area (Å²) in [6.07, 6.45) is 1.68. The van der Waals surface area contributed by atoms with Crippen molar-refractivity contribution in [1.82, 2.24) is 15.0 Å². The molecule has 1 saturated heterocycles. The first kappa shape index (κ1) is 22.9. The van der Waals surface area contributed by atoms with E-state index in [1.807, 2.05) is 48.2 Å². The average Bonchev–Trinajstić information content (AvgIpc) is 2.85. The highest BCUT2D eigenvalue weighted by Crippen LogP contribution is 2.21. The molecular formula is C22H25N9O3. The lowest BCUT2D eigenvalue weighted by atomic mass is 10.2. The zero-order chi connectivity index (χ0) is 23.9. The van der Waals surface area contributed by atoms with Crippen molar-refractivity contribution in [2.45, 2.75) is 0 Å². The Kier molecular flexibility index (Phi) is 7.08. The monoisotopic (exact) mass is 463 g/mol. The molecule has 0 atom stereocenters. The second kappa shape index (κ2) is 10.5. The van der Waals surface area contributed by atoms with Gasteiger partial charge >= 0.3 is 0 Å². The van der Waals surface area contributed by atoms with Crippen LogP contribution in [0.5, 0.6) is 0 Å². The Balaban J connectivity index is 1.53. The van der Waals surface area contributed by atoms with Crippen molar-refractivity contribution in [3.8, 4) is 0 Å². The minimum absolute atomic E-state index is 0.00510. The van der Waals surface area contributed by atoms with E-state index in [0.29, 0.717) is 43.9 Å². The van der Waals surface area contributed by atoms with Crippen molar-refractivity contribution in [2.24, 2.45) is 5.10 Å². The molecule has 0 radical (unpaired) electrons. The predicted molar refractivity (Wildman–Crippen MR) is 131 cm³/mol. The number of nitrogens with one attached hydrogen (secondary N) is 2. The normalized spacial score (nSPS) is 13.6. The van der Waals surface area contributed by atoms with E-state index in [1.54, 1.807) is 18.3 Å². The van der Waals surface area contributed by atoms with Gasteiger partial charge in [-0.15, -0.1) is 0 Å². The van der Waals surface area contributed by atoms with Crippen LogP contribution >= 0.6 is 0 Å². The number of nitrogens with zero attached hydrogens (tertiary/aromatic N) is 7. The summed E-state index contributed by atoms with van der Waals surface area (Å²) in [6.45, 7) is 2.48. The summed E-state index contributed by atoms with van der Waals surface area (Å²) in [6, 6.07) is 14.0. The molecule has 1 aromatic heterocycles. The molecule has 2 aromatic carbocycles. The number of hydrazone groups is 1. The summed E-state index contributed by atoms with van der Waals surface area (Å²) >= 11 is 0. The average molecular weight is 464 g/mol. The number of non-ortho nitro benzene ring substituents is 1. The fourth-order valence-corrected chi connectivity index (χ4v) is 3.19. The summed E-state index contributed by atoms with van der Waals surface area (Å²) in [5.74, 6) is 1.04. The Morgan fingerprint density at radius 1 is 1.03 bits per heavy atom. The molecule has 12 heteroatoms. The Labute approximate surface area is 196 Å². The minimum Gasteiger partial charge on any atom is -0.378 e. The van der Waals surface area contributed by atoms with Gasteiger partial charge in [0.05, 0.1) is 24.4 Å². The van der Waals surface area contributed by atoms with Crippen molar-refractivity contribution in [2.75, 3.05) is 60.9 Å². The maximum Gasteiger partial charge on any atom is 0.269 e. The summed E-state index contributed by atoms with van der Waals surface area (Å²) < 4.78 is 5.42. The van der Waals surface area contributed by atoms with Gasteiger partial charge < -0.3 is 19.9 Å². The first-order valence-corrected chi connectivity index (χ1v) is 10.6. The Morgan fingerprint density at radius 3 is 2.35 bits per heavy atom. The second-order valence-corrected chi connectivity index (χ2v) is 7.67. The van der Waals surface area contributed by atoms with E-state index < -0.39 is 4.92 Å². The standard InChI is InChI=1S/C22H25N9O3/c1-29(2)18-7-3-16(4-8-18)15-23-28-21-25-20(24-17-5-9-19(10-6-17)31(32)33)26-22(27-21)30-11-13-34-14-12-30/h3-10,15H,11-14H2,1-2H3,(H2,24,25,26,27,28)/b23-15-. The van der Waals surface area contributed by atoms with Crippen LogP contribution in [0.3, 0.4) is 0 Å². The van der Waals surface area contributed by atoms with Gasteiger partial charge in [-0.3, -0.25) is 10.1 Å². The van der Waals surface area contributed by atoms with Gasteiger partial charge in [-0.05, 0) is 29.8 Å². The molecule has 4 rings (SSSR count). The van der Waals surface area contributed by atoms with E-state index in [0.717, 1.165) is 11.3 Å². The highest BCUT2D eigenvalue weighted by atomic mass is 16.6. The van der Waals surface area contributed by atoms with Crippen molar-refractivity contribution in [3.05, 3.63) is 64.2 Å². The molecule has 1 aliphatic heterocycles. The Bertz CT molecular complexity index is 1150. The fourth-order valence-electron chi connectivity index (χ4n) is 3.19. The molecule has 0 saturated carbocycles. The van der Waals surface area contributed by atoms with Gasteiger partial charge in [-0.25, -0.2) is 5.43 Å². The third kappa shape index (κ3) is 5.92. The molecule has 12 nitrogen and oxygen atoms in total. The second-order valence-electron chi connectivity index (χ2n) is 7.67. The molecule has 0 bridgehead atoms. The van der Waals surface area contributed by atoms with Gasteiger partial charge in [0.15, 0.2) is 0 Å². The Hall–Kier alpha value is -4.32. The van der Waals surface area contributed by atoms with Crippen LogP contribution in [0.2, 0.25) is 0 Å². The number of hydrogen-bond donors (Lipinski definition) is 2. The number of rotatable bonds is 8. The molecule has 2 N–H and O–H groups in total. The molecule has 34 heavy (non-hydrogen) atoms. The molecule has 0 unspecified atom stereocenters. The summed E-state index contributed by atoms with van der Waals surface area (Å²) in [5.41, 5.74) is 5.50. The predicted octanol–water partition coefficient (Wildman–Crippen LogP) is 2.87. The molecular weight excluding hydrogens is 438 g/mol. The van der Waals surface area contributed by atoms with Crippen molar-refractivity contribution >= 4 is 41.1 Å². The smallest absolute Gasteiger partial charge is 0.269 e. The molecule has 3 aromatic rings. The molecule has 1 fully saturated rings. The SMILES string of the molecule is CN(C)c1ccc(/C=N\Nc2nc(Nc3ccc([N+](=O)[O-])cc3)nc(N3CCOCC3)n2)cc1. The van der Waals surface area contributed by atoms with Crippen LogP contribution in [-0.4, -0.2) is 66.5 Å². The molecule has 0 aliphatic carbocycles. The van der Waals surface area contributed by atoms with Gasteiger partial charge in [0.2, 0.25) is 17.8 Å². The molecule has 2 heterocycles. The van der Waals surface area contributed by atoms with Crippen LogP contribution in [0.25, 0.3) is 0 Å². The van der Waals surface area contributed by atoms with Crippen LogP contribution < -0.4 is 20.5 Å². The van der Waals surface area contributed by atoms with E-state index in [-0.39, 0.29) is 11.6 Å². The topological polar surface area (TPSA) is 134 Å². The molecule has 0 spiro atoms. The number of hydrogen-bond acceptors (Lipinski definition) is 11. The number of ether oxygens (including phenoxy) is 1. The molecule has 1 aliphatic rings. The lowest BCUT2D eigenvalue weighted by Crippen LogP contribution is -2.37. The van der Waals surface area contributed by atoms with Gasteiger partial charge in [0, 0.05) is 50.7 Å². The maximum absolute atomic E-state index is 10.9. The Morgan fingerprint density at radius 2 is 1.71 bits per heavy atom. The van der Waals surface area contributed by atoms with E-state index in [2.05, 4.69) is 30.8 Å². The van der Waals surface area contributed by atoms with Gasteiger partial charge in [-0.1, -0.05) is 12.1 Å². The van der Waals surface area contributed by atoms with Gasteiger partial charge in [0.1, 0.15) is 0 Å². The molecule has 0 amide bonds. The van der Waals surface area contributed by atoms with Gasteiger partial charge in [-0.2, -0.15) is 20.1 Å². The summed E-state index contributed by atoms with van der Waals surface area (Å²) in [5, 5.41) is 18.2. The summed E-state index contributed by atoms with van der Waals surface area (Å²) in [4.78, 5) is 27.9. The lowest BCUT2D eigenvalue weighted by Gasteiger charge is -2.27. The maximum atomic E-state index is 10.9. The minimum atomic E-state index is -0.447. The van der Waals surface area contributed by atoms with E-state index in [4.69, 9.17) is 4.74 Å². The van der Waals surface area contributed by atoms with Gasteiger partial charge in [0.25, 0.3) is 5.69 Å². The van der Waals surface area contributed by atoms with Crippen LogP contribution in [0.15, 0.2) is 53.6 Å². The van der Waals surface area contributed by atoms with Crippen molar-refractivity contribution in [3.63, 3.8) is 0 Å². The number of nitro groups is 1. The highest BCUT2D eigenvalue weighted by molar-refractivity contribution is 5.80. The van der Waals surface area contributed by atoms with E-state index in [9.17, 15) is 10.1 Å². The zero-order valence-electron chi connectivity index (χ0n) is 18.9. The molecule has 176 valence electrons. The van der Waals surface area contributed by atoms with Crippen LogP contribution in [0, 0.1) is 10.1 Å². The first-order chi connectivity index (χ1) is 16.5. The highest BCUT2D eigenvalue weighted by Gasteiger charge is 2.17. The number of anilines is 5. The fraction of sp³-hybridized carbons (Fsp3) is 0.273. The lowest BCUT2D eigenvalue weighted by molar-refractivity contribution is -0.384. The zero-order valence-corrected chi connectivity index (χ0v) is 18.9. The van der Waals surface area contributed by atoms with E-state index in [1.165, 1.54) is 12.1 Å². The van der Waals surface area contributed by atoms with Crippen LogP contribution in [0.1, 0.15) is 5.56 Å². The van der Waals surface area contributed by atoms with Crippen LogP contribution in [-0.2, 0) is 4.74 Å². The quantitative estimate of drug-likeness (QED) is 0.292.